The first-order valence-corrected chi connectivity index (χ1v) is 10.1. The van der Waals surface area contributed by atoms with Gasteiger partial charge >= 0.3 is 0 Å². The Morgan fingerprint density at radius 3 is 2.36 bits per heavy atom. The van der Waals surface area contributed by atoms with E-state index >= 15 is 0 Å². The van der Waals surface area contributed by atoms with Crippen molar-refractivity contribution in [1.29, 1.82) is 0 Å². The summed E-state index contributed by atoms with van der Waals surface area (Å²) in [5.41, 5.74) is 0. The normalized spacial score (nSPS) is 30.2. The predicted octanol–water partition coefficient (Wildman–Crippen LogP) is 1.14. The van der Waals surface area contributed by atoms with Crippen LogP contribution in [0.2, 0.25) is 0 Å². The van der Waals surface area contributed by atoms with Gasteiger partial charge in [0.1, 0.15) is 0 Å². The Kier molecular flexibility index (Phi) is 6.20. The van der Waals surface area contributed by atoms with Crippen molar-refractivity contribution in [3.05, 3.63) is 0 Å². The number of carbonyl (C=O) groups excluding carboxylic acids is 1. The lowest BCUT2D eigenvalue weighted by molar-refractivity contribution is -0.123. The summed E-state index contributed by atoms with van der Waals surface area (Å²) in [4.78, 5) is 21.1. The molecule has 3 rings (SSSR count). The lowest BCUT2D eigenvalue weighted by Gasteiger charge is -2.41. The SMILES string of the molecule is CN=C(NCCNC(=O)C(C)C)N1CCN(C2CC3CCC2C3)CC1. The number of fused-ring (bicyclic) bond motifs is 2. The van der Waals surface area contributed by atoms with Crippen LogP contribution in [0.4, 0.5) is 0 Å². The fraction of sp³-hybridized carbons (Fsp3) is 0.895. The molecule has 0 radical (unpaired) electrons. The highest BCUT2D eigenvalue weighted by Gasteiger charge is 2.42. The van der Waals surface area contributed by atoms with Gasteiger partial charge in [-0.2, -0.15) is 0 Å². The number of carbonyl (C=O) groups is 1. The molecule has 2 aliphatic carbocycles. The summed E-state index contributed by atoms with van der Waals surface area (Å²) in [5.74, 6) is 3.10. The van der Waals surface area contributed by atoms with Crippen molar-refractivity contribution in [1.82, 2.24) is 20.4 Å². The van der Waals surface area contributed by atoms with Crippen LogP contribution in [0, 0.1) is 17.8 Å². The number of nitrogens with zero attached hydrogens (tertiary/aromatic N) is 3. The molecule has 3 fully saturated rings. The summed E-state index contributed by atoms with van der Waals surface area (Å²) in [6, 6.07) is 0.849. The van der Waals surface area contributed by atoms with E-state index in [1.54, 1.807) is 0 Å². The largest absolute Gasteiger partial charge is 0.354 e. The average molecular weight is 350 g/mol. The maximum absolute atomic E-state index is 11.6. The highest BCUT2D eigenvalue weighted by molar-refractivity contribution is 5.80. The molecule has 1 aliphatic heterocycles. The summed E-state index contributed by atoms with van der Waals surface area (Å²) in [7, 11) is 1.84. The van der Waals surface area contributed by atoms with Crippen molar-refractivity contribution in [3.63, 3.8) is 0 Å². The van der Waals surface area contributed by atoms with Gasteiger partial charge in [0, 0.05) is 58.3 Å². The van der Waals surface area contributed by atoms with E-state index in [2.05, 4.69) is 25.4 Å². The van der Waals surface area contributed by atoms with E-state index in [1.807, 2.05) is 20.9 Å². The Morgan fingerprint density at radius 1 is 1.08 bits per heavy atom. The Morgan fingerprint density at radius 2 is 1.80 bits per heavy atom. The second kappa shape index (κ2) is 8.39. The minimum absolute atomic E-state index is 0.0400. The van der Waals surface area contributed by atoms with Crippen molar-refractivity contribution in [3.8, 4) is 0 Å². The third kappa shape index (κ3) is 4.46. The second-order valence-electron chi connectivity index (χ2n) is 8.18. The van der Waals surface area contributed by atoms with Gasteiger partial charge in [0.25, 0.3) is 0 Å². The van der Waals surface area contributed by atoms with E-state index in [1.165, 1.54) is 25.7 Å². The molecule has 6 nitrogen and oxygen atoms in total. The maximum Gasteiger partial charge on any atom is 0.222 e. The summed E-state index contributed by atoms with van der Waals surface area (Å²) in [6.45, 7) is 9.59. The van der Waals surface area contributed by atoms with Crippen molar-refractivity contribution >= 4 is 11.9 Å². The molecular weight excluding hydrogens is 314 g/mol. The number of hydrogen-bond acceptors (Lipinski definition) is 3. The van der Waals surface area contributed by atoms with Crippen LogP contribution in [0.25, 0.3) is 0 Å². The molecule has 0 spiro atoms. The van der Waals surface area contributed by atoms with Gasteiger partial charge < -0.3 is 15.5 Å². The van der Waals surface area contributed by atoms with Crippen LogP contribution in [0.3, 0.4) is 0 Å². The number of piperazine rings is 1. The predicted molar refractivity (Wildman–Crippen MR) is 102 cm³/mol. The molecule has 0 aromatic heterocycles. The smallest absolute Gasteiger partial charge is 0.222 e. The van der Waals surface area contributed by atoms with E-state index in [4.69, 9.17) is 0 Å². The monoisotopic (exact) mass is 349 g/mol. The molecule has 3 unspecified atom stereocenters. The Labute approximate surface area is 152 Å². The van der Waals surface area contributed by atoms with E-state index < -0.39 is 0 Å². The van der Waals surface area contributed by atoms with Crippen molar-refractivity contribution in [2.24, 2.45) is 22.7 Å². The van der Waals surface area contributed by atoms with Crippen LogP contribution < -0.4 is 10.6 Å². The van der Waals surface area contributed by atoms with Crippen molar-refractivity contribution in [2.75, 3.05) is 46.3 Å². The van der Waals surface area contributed by atoms with E-state index in [9.17, 15) is 4.79 Å². The van der Waals surface area contributed by atoms with E-state index in [0.717, 1.165) is 56.6 Å². The highest BCUT2D eigenvalue weighted by atomic mass is 16.1. The lowest BCUT2D eigenvalue weighted by Crippen LogP contribution is -2.56. The van der Waals surface area contributed by atoms with Gasteiger partial charge in [-0.3, -0.25) is 14.7 Å². The van der Waals surface area contributed by atoms with Crippen LogP contribution in [0.15, 0.2) is 4.99 Å². The van der Waals surface area contributed by atoms with Crippen LogP contribution in [0.5, 0.6) is 0 Å². The van der Waals surface area contributed by atoms with Crippen LogP contribution in [-0.2, 0) is 4.79 Å². The summed E-state index contributed by atoms with van der Waals surface area (Å²) in [6.07, 6.45) is 5.86. The quantitative estimate of drug-likeness (QED) is 0.444. The van der Waals surface area contributed by atoms with Crippen LogP contribution in [0.1, 0.15) is 39.5 Å². The zero-order valence-electron chi connectivity index (χ0n) is 16.1. The number of hydrogen-bond donors (Lipinski definition) is 2. The third-order valence-electron chi connectivity index (χ3n) is 6.23. The number of amides is 1. The molecule has 3 aliphatic rings. The second-order valence-corrected chi connectivity index (χ2v) is 8.18. The van der Waals surface area contributed by atoms with Gasteiger partial charge in [0.15, 0.2) is 5.96 Å². The minimum Gasteiger partial charge on any atom is -0.354 e. The summed E-state index contributed by atoms with van der Waals surface area (Å²) < 4.78 is 0. The molecule has 2 saturated carbocycles. The molecule has 142 valence electrons. The first kappa shape index (κ1) is 18.5. The molecule has 6 heteroatoms. The minimum atomic E-state index is 0.0400. The number of aliphatic imine (C=N–C) groups is 1. The zero-order valence-corrected chi connectivity index (χ0v) is 16.1. The fourth-order valence-corrected chi connectivity index (χ4v) is 4.82. The van der Waals surface area contributed by atoms with Gasteiger partial charge in [-0.1, -0.05) is 20.3 Å². The molecule has 0 aromatic carbocycles. The van der Waals surface area contributed by atoms with Crippen LogP contribution >= 0.6 is 0 Å². The van der Waals surface area contributed by atoms with E-state index in [-0.39, 0.29) is 11.8 Å². The molecule has 1 saturated heterocycles. The van der Waals surface area contributed by atoms with Crippen LogP contribution in [-0.4, -0.2) is 74.0 Å². The van der Waals surface area contributed by atoms with Gasteiger partial charge in [0.05, 0.1) is 0 Å². The van der Waals surface area contributed by atoms with Gasteiger partial charge in [-0.05, 0) is 31.1 Å². The van der Waals surface area contributed by atoms with Crippen molar-refractivity contribution in [2.45, 2.75) is 45.6 Å². The molecule has 0 aromatic rings. The van der Waals surface area contributed by atoms with E-state index in [0.29, 0.717) is 6.54 Å². The van der Waals surface area contributed by atoms with Gasteiger partial charge in [0.2, 0.25) is 5.91 Å². The molecule has 2 N–H and O–H groups in total. The standard InChI is InChI=1S/C19H35N5O/c1-14(2)18(25)21-6-7-22-19(20-3)24-10-8-23(9-11-24)17-13-15-4-5-16(17)12-15/h14-17H,4-13H2,1-3H3,(H,20,22)(H,21,25). The van der Waals surface area contributed by atoms with Gasteiger partial charge in [-0.25, -0.2) is 0 Å². The first-order valence-electron chi connectivity index (χ1n) is 10.1. The Balaban J connectivity index is 1.38. The van der Waals surface area contributed by atoms with Gasteiger partial charge in [-0.15, -0.1) is 0 Å². The number of nitrogens with one attached hydrogen (secondary N) is 2. The Hall–Kier alpha value is -1.30. The molecule has 25 heavy (non-hydrogen) atoms. The zero-order chi connectivity index (χ0) is 17.8. The average Bonchev–Trinajstić information content (AvgIpc) is 3.25. The lowest BCUT2D eigenvalue weighted by atomic mass is 9.93. The van der Waals surface area contributed by atoms with Crippen molar-refractivity contribution < 1.29 is 4.79 Å². The number of rotatable bonds is 5. The highest BCUT2D eigenvalue weighted by Crippen LogP contribution is 2.46. The Bertz CT molecular complexity index is 484. The molecule has 2 bridgehead atoms. The fourth-order valence-electron chi connectivity index (χ4n) is 4.82. The molecule has 3 atom stereocenters. The molecule has 1 amide bonds. The summed E-state index contributed by atoms with van der Waals surface area (Å²) >= 11 is 0. The number of guanidine groups is 1. The topological polar surface area (TPSA) is 60.0 Å². The third-order valence-corrected chi connectivity index (χ3v) is 6.23. The maximum atomic E-state index is 11.6. The molecular formula is C19H35N5O. The first-order chi connectivity index (χ1) is 12.1. The summed E-state index contributed by atoms with van der Waals surface area (Å²) in [5, 5.41) is 6.33. The molecule has 1 heterocycles.